The number of carbonyl (C=O) groups excluding carboxylic acids is 1. The molecule has 0 saturated carbocycles. The zero-order valence-electron chi connectivity index (χ0n) is 18.7. The number of alkyl halides is 3. The standard InChI is InChI=1S/C24H25F3N4O3/c1-13(18-9-19-21(10-20(18)24(25,26)27)29-14(2)30-22(19)33)28-17-5-3-16(4-6-17)23(34)31-8-7-15(11-31)12-32/h3-6,9-10,13,15,28,32H,7-8,11-12H2,1-2H3,(H,29,30,33). The quantitative estimate of drug-likeness (QED) is 0.522. The summed E-state index contributed by atoms with van der Waals surface area (Å²) in [5.41, 5.74) is -0.467. The molecule has 2 unspecified atom stereocenters. The maximum Gasteiger partial charge on any atom is 0.416 e. The van der Waals surface area contributed by atoms with Gasteiger partial charge in [-0.1, -0.05) is 0 Å². The Balaban J connectivity index is 1.58. The number of carbonyl (C=O) groups is 1. The third-order valence-electron chi connectivity index (χ3n) is 6.11. The van der Waals surface area contributed by atoms with Crippen molar-refractivity contribution < 1.29 is 23.1 Å². The lowest BCUT2D eigenvalue weighted by Crippen LogP contribution is -2.29. The molecule has 1 aliphatic rings. The number of likely N-dealkylation sites (tertiary alicyclic amines) is 1. The van der Waals surface area contributed by atoms with Crippen LogP contribution in [0.5, 0.6) is 0 Å². The number of aromatic nitrogens is 2. The van der Waals surface area contributed by atoms with Crippen molar-refractivity contribution in [2.24, 2.45) is 5.92 Å². The van der Waals surface area contributed by atoms with E-state index >= 15 is 0 Å². The Labute approximate surface area is 193 Å². The van der Waals surface area contributed by atoms with Crippen molar-refractivity contribution in [1.82, 2.24) is 14.9 Å². The van der Waals surface area contributed by atoms with E-state index in [-0.39, 0.29) is 40.7 Å². The number of hydrogen-bond donors (Lipinski definition) is 3. The maximum absolute atomic E-state index is 13.8. The number of anilines is 1. The van der Waals surface area contributed by atoms with Gasteiger partial charge in [0.1, 0.15) is 5.82 Å². The molecular weight excluding hydrogens is 449 g/mol. The van der Waals surface area contributed by atoms with Crippen LogP contribution in [-0.4, -0.2) is 45.6 Å². The predicted molar refractivity (Wildman–Crippen MR) is 122 cm³/mol. The van der Waals surface area contributed by atoms with Crippen LogP contribution in [0, 0.1) is 12.8 Å². The molecule has 1 saturated heterocycles. The summed E-state index contributed by atoms with van der Waals surface area (Å²) in [4.78, 5) is 33.2. The Morgan fingerprint density at radius 1 is 1.29 bits per heavy atom. The molecule has 1 amide bonds. The summed E-state index contributed by atoms with van der Waals surface area (Å²) in [6, 6.07) is 7.85. The Bertz CT molecular complexity index is 1270. The van der Waals surface area contributed by atoms with Gasteiger partial charge in [0.15, 0.2) is 0 Å². The number of aliphatic hydroxyl groups is 1. The number of nitrogens with zero attached hydrogens (tertiary/aromatic N) is 2. The zero-order valence-corrected chi connectivity index (χ0v) is 18.7. The van der Waals surface area contributed by atoms with E-state index in [4.69, 9.17) is 0 Å². The van der Waals surface area contributed by atoms with Gasteiger partial charge in [-0.25, -0.2) is 4.98 Å². The number of aliphatic hydroxyl groups excluding tert-OH is 1. The van der Waals surface area contributed by atoms with Crippen LogP contribution in [0.1, 0.15) is 46.7 Å². The third-order valence-corrected chi connectivity index (χ3v) is 6.11. The van der Waals surface area contributed by atoms with Crippen LogP contribution in [0.2, 0.25) is 0 Å². The number of hydrogen-bond acceptors (Lipinski definition) is 5. The topological polar surface area (TPSA) is 98.3 Å². The van der Waals surface area contributed by atoms with Crippen LogP contribution < -0.4 is 10.9 Å². The molecule has 2 atom stereocenters. The van der Waals surface area contributed by atoms with Crippen LogP contribution in [0.15, 0.2) is 41.2 Å². The van der Waals surface area contributed by atoms with E-state index in [1.807, 2.05) is 0 Å². The first-order valence-corrected chi connectivity index (χ1v) is 11.0. The molecule has 0 spiro atoms. The fourth-order valence-electron chi connectivity index (χ4n) is 4.31. The minimum absolute atomic E-state index is 0.0160. The highest BCUT2D eigenvalue weighted by Gasteiger charge is 2.35. The van der Waals surface area contributed by atoms with Crippen LogP contribution in [0.25, 0.3) is 10.9 Å². The number of H-pyrrole nitrogens is 1. The van der Waals surface area contributed by atoms with Crippen molar-refractivity contribution >= 4 is 22.5 Å². The molecule has 34 heavy (non-hydrogen) atoms. The summed E-state index contributed by atoms with van der Waals surface area (Å²) in [5.74, 6) is 0.174. The molecule has 2 aromatic carbocycles. The number of rotatable bonds is 5. The summed E-state index contributed by atoms with van der Waals surface area (Å²) in [5, 5.41) is 12.4. The number of nitrogens with one attached hydrogen (secondary N) is 2. The van der Waals surface area contributed by atoms with Gasteiger partial charge in [0.05, 0.1) is 16.5 Å². The summed E-state index contributed by atoms with van der Waals surface area (Å²) in [7, 11) is 0. The van der Waals surface area contributed by atoms with Crippen LogP contribution >= 0.6 is 0 Å². The molecule has 3 N–H and O–H groups in total. The SMILES string of the molecule is Cc1nc2cc(C(F)(F)F)c(C(C)Nc3ccc(C(=O)N4CCC(CO)C4)cc3)cc2c(=O)[nH]1. The second-order valence-corrected chi connectivity index (χ2v) is 8.64. The highest BCUT2D eigenvalue weighted by molar-refractivity contribution is 5.94. The predicted octanol–water partition coefficient (Wildman–Crippen LogP) is 3.88. The van der Waals surface area contributed by atoms with Gasteiger partial charge in [0.2, 0.25) is 0 Å². The van der Waals surface area contributed by atoms with Crippen molar-refractivity contribution in [3.05, 3.63) is 69.3 Å². The molecule has 1 fully saturated rings. The van der Waals surface area contributed by atoms with E-state index in [2.05, 4.69) is 15.3 Å². The first kappa shape index (κ1) is 23.7. The van der Waals surface area contributed by atoms with Crippen molar-refractivity contribution in [3.8, 4) is 0 Å². The van der Waals surface area contributed by atoms with Crippen LogP contribution in [0.4, 0.5) is 18.9 Å². The third kappa shape index (κ3) is 4.77. The van der Waals surface area contributed by atoms with E-state index in [0.29, 0.717) is 24.3 Å². The fourth-order valence-corrected chi connectivity index (χ4v) is 4.31. The first-order valence-electron chi connectivity index (χ1n) is 11.0. The smallest absolute Gasteiger partial charge is 0.396 e. The number of aromatic amines is 1. The van der Waals surface area contributed by atoms with E-state index in [1.165, 1.54) is 13.0 Å². The molecule has 7 nitrogen and oxygen atoms in total. The molecule has 4 rings (SSSR count). The van der Waals surface area contributed by atoms with Crippen molar-refractivity contribution in [2.45, 2.75) is 32.5 Å². The van der Waals surface area contributed by atoms with Gasteiger partial charge in [-0.2, -0.15) is 13.2 Å². The van der Waals surface area contributed by atoms with Gasteiger partial charge >= 0.3 is 6.18 Å². The highest BCUT2D eigenvalue weighted by Crippen LogP contribution is 2.37. The summed E-state index contributed by atoms with van der Waals surface area (Å²) < 4.78 is 41.5. The van der Waals surface area contributed by atoms with Crippen molar-refractivity contribution in [2.75, 3.05) is 25.0 Å². The molecule has 10 heteroatoms. The molecule has 180 valence electrons. The van der Waals surface area contributed by atoms with E-state index in [0.717, 1.165) is 12.5 Å². The lowest BCUT2D eigenvalue weighted by molar-refractivity contribution is -0.138. The molecule has 0 bridgehead atoms. The Morgan fingerprint density at radius 2 is 2.00 bits per heavy atom. The molecule has 3 aromatic rings. The first-order chi connectivity index (χ1) is 16.1. The van der Waals surface area contributed by atoms with Gasteiger partial charge in [0, 0.05) is 42.9 Å². The summed E-state index contributed by atoms with van der Waals surface area (Å²) in [6.07, 6.45) is -3.87. The largest absolute Gasteiger partial charge is 0.416 e. The van der Waals surface area contributed by atoms with Crippen LogP contribution in [0.3, 0.4) is 0 Å². The average molecular weight is 474 g/mol. The Hall–Kier alpha value is -3.40. The number of aryl methyl sites for hydroxylation is 1. The van der Waals surface area contributed by atoms with Gasteiger partial charge < -0.3 is 20.3 Å². The van der Waals surface area contributed by atoms with Gasteiger partial charge in [-0.15, -0.1) is 0 Å². The normalized spacial score (nSPS) is 17.2. The highest BCUT2D eigenvalue weighted by atomic mass is 19.4. The van der Waals surface area contributed by atoms with Crippen molar-refractivity contribution in [3.63, 3.8) is 0 Å². The van der Waals surface area contributed by atoms with Crippen molar-refractivity contribution in [1.29, 1.82) is 0 Å². The number of benzene rings is 2. The molecule has 0 radical (unpaired) electrons. The summed E-state index contributed by atoms with van der Waals surface area (Å²) in [6.45, 7) is 4.21. The molecule has 1 aromatic heterocycles. The number of fused-ring (bicyclic) bond motifs is 1. The monoisotopic (exact) mass is 474 g/mol. The molecular formula is C24H25F3N4O3. The van der Waals surface area contributed by atoms with E-state index in [9.17, 15) is 27.9 Å². The fraction of sp³-hybridized carbons (Fsp3) is 0.375. The minimum Gasteiger partial charge on any atom is -0.396 e. The Morgan fingerprint density at radius 3 is 2.62 bits per heavy atom. The average Bonchev–Trinajstić information content (AvgIpc) is 3.27. The second-order valence-electron chi connectivity index (χ2n) is 8.64. The number of amides is 1. The minimum atomic E-state index is -4.63. The lowest BCUT2D eigenvalue weighted by Gasteiger charge is -2.21. The zero-order chi connectivity index (χ0) is 24.6. The maximum atomic E-state index is 13.8. The molecule has 2 heterocycles. The van der Waals surface area contributed by atoms with Gasteiger partial charge in [0.25, 0.3) is 11.5 Å². The van der Waals surface area contributed by atoms with Crippen LogP contribution in [-0.2, 0) is 6.18 Å². The van der Waals surface area contributed by atoms with E-state index < -0.39 is 23.3 Å². The Kier molecular flexibility index (Phi) is 6.35. The van der Waals surface area contributed by atoms with E-state index in [1.54, 1.807) is 36.1 Å². The van der Waals surface area contributed by atoms with Gasteiger partial charge in [-0.3, -0.25) is 9.59 Å². The number of halogens is 3. The second kappa shape index (κ2) is 9.09. The molecule has 0 aliphatic carbocycles. The lowest BCUT2D eigenvalue weighted by atomic mass is 9.98. The summed E-state index contributed by atoms with van der Waals surface area (Å²) >= 11 is 0. The van der Waals surface area contributed by atoms with Gasteiger partial charge in [-0.05, 0) is 62.2 Å². The molecule has 1 aliphatic heterocycles.